The zero-order valence-corrected chi connectivity index (χ0v) is 12.3. The second kappa shape index (κ2) is 5.92. The Labute approximate surface area is 118 Å². The summed E-state index contributed by atoms with van der Waals surface area (Å²) in [6, 6.07) is 3.92. The van der Waals surface area contributed by atoms with Gasteiger partial charge in [-0.2, -0.15) is 0 Å². The maximum absolute atomic E-state index is 11.7. The number of thiophene rings is 1. The Kier molecular flexibility index (Phi) is 4.47. The lowest BCUT2D eigenvalue weighted by molar-refractivity contribution is 0.0631. The van der Waals surface area contributed by atoms with E-state index in [0.717, 1.165) is 17.7 Å². The Morgan fingerprint density at radius 3 is 3.05 bits per heavy atom. The van der Waals surface area contributed by atoms with Crippen molar-refractivity contribution in [2.75, 3.05) is 6.54 Å². The quantitative estimate of drug-likeness (QED) is 0.750. The van der Waals surface area contributed by atoms with Gasteiger partial charge in [0.15, 0.2) is 0 Å². The van der Waals surface area contributed by atoms with Gasteiger partial charge in [-0.1, -0.05) is 19.4 Å². The summed E-state index contributed by atoms with van der Waals surface area (Å²) in [6.07, 6.45) is 3.43. The fraction of sp³-hybridized carbons (Fsp3) is 0.643. The van der Waals surface area contributed by atoms with Gasteiger partial charge in [-0.3, -0.25) is 0 Å². The fourth-order valence-corrected chi connectivity index (χ4v) is 3.05. The average Bonchev–Trinajstić information content (AvgIpc) is 2.88. The van der Waals surface area contributed by atoms with E-state index in [0.29, 0.717) is 12.0 Å². The Hall–Kier alpha value is -1.07. The van der Waals surface area contributed by atoms with Crippen LogP contribution in [0.5, 0.6) is 0 Å². The molecule has 1 aliphatic rings. The second-order valence-electron chi connectivity index (χ2n) is 5.47. The van der Waals surface area contributed by atoms with Gasteiger partial charge in [0.1, 0.15) is 5.60 Å². The number of hydrogen-bond donors (Lipinski definition) is 3. The number of carbonyl (C=O) groups excluding carboxylic acids is 1. The maximum atomic E-state index is 11.7. The highest BCUT2D eigenvalue weighted by molar-refractivity contribution is 7.10. The molecule has 3 N–H and O–H groups in total. The van der Waals surface area contributed by atoms with Crippen LogP contribution in [0.15, 0.2) is 17.5 Å². The summed E-state index contributed by atoms with van der Waals surface area (Å²) in [5, 5.41) is 17.9. The molecule has 0 aromatic carbocycles. The van der Waals surface area contributed by atoms with Gasteiger partial charge in [-0.05, 0) is 37.1 Å². The standard InChI is InChI=1S/C14H22N2O2S/c1-3-5-10-8-11(10)16-13(17)15-9-14(2,18)12-6-4-7-19-12/h4,6-7,10-11,18H,3,5,8-9H2,1-2H3,(H2,15,16,17). The molecule has 5 heteroatoms. The summed E-state index contributed by atoms with van der Waals surface area (Å²) in [5.74, 6) is 0.647. The van der Waals surface area contributed by atoms with Crippen molar-refractivity contribution in [3.8, 4) is 0 Å². The lowest BCUT2D eigenvalue weighted by atomic mass is 10.1. The van der Waals surface area contributed by atoms with Crippen molar-refractivity contribution < 1.29 is 9.90 Å². The van der Waals surface area contributed by atoms with Crippen LogP contribution >= 0.6 is 11.3 Å². The van der Waals surface area contributed by atoms with Crippen LogP contribution in [0.25, 0.3) is 0 Å². The molecule has 4 nitrogen and oxygen atoms in total. The number of hydrogen-bond acceptors (Lipinski definition) is 3. The minimum absolute atomic E-state index is 0.180. The van der Waals surface area contributed by atoms with E-state index < -0.39 is 5.60 Å². The van der Waals surface area contributed by atoms with Crippen molar-refractivity contribution in [1.29, 1.82) is 0 Å². The van der Waals surface area contributed by atoms with E-state index in [9.17, 15) is 9.90 Å². The number of carbonyl (C=O) groups is 1. The first kappa shape index (κ1) is 14.3. The zero-order valence-electron chi connectivity index (χ0n) is 11.5. The van der Waals surface area contributed by atoms with E-state index in [1.807, 2.05) is 17.5 Å². The Morgan fingerprint density at radius 1 is 1.63 bits per heavy atom. The molecule has 2 amide bonds. The van der Waals surface area contributed by atoms with E-state index in [-0.39, 0.29) is 12.6 Å². The number of amides is 2. The molecule has 1 fully saturated rings. The van der Waals surface area contributed by atoms with Crippen LogP contribution in [0, 0.1) is 5.92 Å². The highest BCUT2D eigenvalue weighted by Gasteiger charge is 2.37. The Balaban J connectivity index is 1.72. The summed E-state index contributed by atoms with van der Waals surface area (Å²) >= 11 is 1.49. The summed E-state index contributed by atoms with van der Waals surface area (Å²) in [4.78, 5) is 12.6. The van der Waals surface area contributed by atoms with E-state index in [4.69, 9.17) is 0 Å². The number of urea groups is 1. The molecule has 3 atom stereocenters. The number of nitrogens with one attached hydrogen (secondary N) is 2. The molecular weight excluding hydrogens is 260 g/mol. The van der Waals surface area contributed by atoms with Crippen LogP contribution < -0.4 is 10.6 Å². The SMILES string of the molecule is CCCC1CC1NC(=O)NCC(C)(O)c1cccs1. The van der Waals surface area contributed by atoms with Gasteiger partial charge < -0.3 is 15.7 Å². The van der Waals surface area contributed by atoms with E-state index >= 15 is 0 Å². The highest BCUT2D eigenvalue weighted by atomic mass is 32.1. The molecule has 1 heterocycles. The van der Waals surface area contributed by atoms with Crippen LogP contribution in [-0.4, -0.2) is 23.7 Å². The minimum atomic E-state index is -1.00. The third kappa shape index (κ3) is 3.94. The van der Waals surface area contributed by atoms with Gasteiger partial charge in [0, 0.05) is 10.9 Å². The monoisotopic (exact) mass is 282 g/mol. The molecule has 2 rings (SSSR count). The van der Waals surface area contributed by atoms with Crippen molar-refractivity contribution in [2.24, 2.45) is 5.92 Å². The largest absolute Gasteiger partial charge is 0.383 e. The third-order valence-electron chi connectivity index (χ3n) is 3.54. The van der Waals surface area contributed by atoms with Crippen LogP contribution in [0.2, 0.25) is 0 Å². The molecule has 1 saturated carbocycles. The van der Waals surface area contributed by atoms with Gasteiger partial charge in [-0.15, -0.1) is 11.3 Å². The first-order chi connectivity index (χ1) is 9.03. The van der Waals surface area contributed by atoms with Gasteiger partial charge in [-0.25, -0.2) is 4.79 Å². The van der Waals surface area contributed by atoms with E-state index in [2.05, 4.69) is 17.6 Å². The summed E-state index contributed by atoms with van der Waals surface area (Å²) in [7, 11) is 0. The van der Waals surface area contributed by atoms with Crippen molar-refractivity contribution in [3.05, 3.63) is 22.4 Å². The molecule has 1 aromatic rings. The summed E-state index contributed by atoms with van der Waals surface area (Å²) < 4.78 is 0. The number of rotatable bonds is 6. The van der Waals surface area contributed by atoms with Crippen LogP contribution in [0.3, 0.4) is 0 Å². The third-order valence-corrected chi connectivity index (χ3v) is 4.67. The first-order valence-electron chi connectivity index (χ1n) is 6.83. The molecule has 0 aliphatic heterocycles. The van der Waals surface area contributed by atoms with Crippen LogP contribution in [-0.2, 0) is 5.60 Å². The molecule has 1 aliphatic carbocycles. The zero-order chi connectivity index (χ0) is 13.9. The second-order valence-corrected chi connectivity index (χ2v) is 6.42. The lowest BCUT2D eigenvalue weighted by Gasteiger charge is -2.22. The predicted molar refractivity (Wildman–Crippen MR) is 77.2 cm³/mol. The van der Waals surface area contributed by atoms with Gasteiger partial charge in [0.25, 0.3) is 0 Å². The van der Waals surface area contributed by atoms with Crippen molar-refractivity contribution in [3.63, 3.8) is 0 Å². The Morgan fingerprint density at radius 2 is 2.42 bits per heavy atom. The molecule has 0 saturated heterocycles. The summed E-state index contributed by atoms with van der Waals surface area (Å²) in [5.41, 5.74) is -1.00. The predicted octanol–water partition coefficient (Wildman–Crippen LogP) is 2.44. The average molecular weight is 282 g/mol. The van der Waals surface area contributed by atoms with Crippen LogP contribution in [0.4, 0.5) is 4.79 Å². The molecule has 1 aromatic heterocycles. The topological polar surface area (TPSA) is 61.4 Å². The van der Waals surface area contributed by atoms with Crippen LogP contribution in [0.1, 0.15) is 38.0 Å². The fourth-order valence-electron chi connectivity index (χ4n) is 2.26. The molecule has 3 unspecified atom stereocenters. The summed E-state index contributed by atoms with van der Waals surface area (Å²) in [6.45, 7) is 4.11. The highest BCUT2D eigenvalue weighted by Crippen LogP contribution is 2.34. The van der Waals surface area contributed by atoms with E-state index in [1.54, 1.807) is 6.92 Å². The Bertz CT molecular complexity index is 417. The number of aliphatic hydroxyl groups is 1. The molecular formula is C14H22N2O2S. The molecule has 106 valence electrons. The van der Waals surface area contributed by atoms with Gasteiger partial charge in [0.2, 0.25) is 0 Å². The van der Waals surface area contributed by atoms with Crippen molar-refractivity contribution >= 4 is 17.4 Å². The molecule has 0 spiro atoms. The van der Waals surface area contributed by atoms with E-state index in [1.165, 1.54) is 17.8 Å². The maximum Gasteiger partial charge on any atom is 0.315 e. The first-order valence-corrected chi connectivity index (χ1v) is 7.71. The van der Waals surface area contributed by atoms with Crippen molar-refractivity contribution in [2.45, 2.75) is 44.8 Å². The molecule has 0 radical (unpaired) electrons. The minimum Gasteiger partial charge on any atom is -0.383 e. The van der Waals surface area contributed by atoms with Gasteiger partial charge in [0.05, 0.1) is 6.54 Å². The lowest BCUT2D eigenvalue weighted by Crippen LogP contribution is -2.44. The smallest absolute Gasteiger partial charge is 0.315 e. The molecule has 19 heavy (non-hydrogen) atoms. The van der Waals surface area contributed by atoms with Gasteiger partial charge >= 0.3 is 6.03 Å². The molecule has 0 bridgehead atoms. The van der Waals surface area contributed by atoms with Crippen molar-refractivity contribution in [1.82, 2.24) is 10.6 Å². The normalized spacial score (nSPS) is 24.6.